The molecule has 1 aliphatic rings. The number of hydrogen-bond acceptors (Lipinski definition) is 6. The quantitative estimate of drug-likeness (QED) is 0.546. The van der Waals surface area contributed by atoms with Crippen LogP contribution in [-0.2, 0) is 0 Å². The van der Waals surface area contributed by atoms with E-state index >= 15 is 0 Å². The Balaban J connectivity index is 1.51. The molecule has 0 bridgehead atoms. The zero-order valence-electron chi connectivity index (χ0n) is 15.6. The minimum atomic E-state index is 0.141. The smallest absolute Gasteiger partial charge is 0.225 e. The highest BCUT2D eigenvalue weighted by atomic mass is 16.5. The van der Waals surface area contributed by atoms with Gasteiger partial charge in [-0.3, -0.25) is 0 Å². The number of benzene rings is 1. The lowest BCUT2D eigenvalue weighted by Gasteiger charge is -2.22. The van der Waals surface area contributed by atoms with E-state index in [2.05, 4.69) is 43.4 Å². The average molecular weight is 372 g/mol. The fourth-order valence-corrected chi connectivity index (χ4v) is 3.85. The maximum Gasteiger partial charge on any atom is 0.225 e. The van der Waals surface area contributed by atoms with Crippen molar-refractivity contribution in [3.63, 3.8) is 0 Å². The maximum absolute atomic E-state index is 5.34. The summed E-state index contributed by atoms with van der Waals surface area (Å²) in [4.78, 5) is 11.1. The molecule has 0 aliphatic carbocycles. The fourth-order valence-electron chi connectivity index (χ4n) is 3.85. The minimum absolute atomic E-state index is 0.141. The van der Waals surface area contributed by atoms with Gasteiger partial charge in [-0.05, 0) is 42.7 Å². The molecule has 1 saturated heterocycles. The molecule has 4 heterocycles. The second kappa shape index (κ2) is 6.92. The Morgan fingerprint density at radius 2 is 1.93 bits per heavy atom. The zero-order chi connectivity index (χ0) is 18.9. The monoisotopic (exact) mass is 372 g/mol. The standard InChI is InChI=1S/C21H20N6O/c1-28-17-6-2-5-15(13-17)16-8-9-19-20(24-25-27(19)14-16)18-7-3-12-26(18)21-22-10-4-11-23-21/h2,4-6,8-11,13-14,18H,3,7,12H2,1H3/t18-/m1/s1. The van der Waals surface area contributed by atoms with Gasteiger partial charge in [0.25, 0.3) is 0 Å². The summed E-state index contributed by atoms with van der Waals surface area (Å²) < 4.78 is 7.19. The number of aromatic nitrogens is 5. The fraction of sp³-hybridized carbons (Fsp3) is 0.238. The van der Waals surface area contributed by atoms with Gasteiger partial charge in [0.2, 0.25) is 5.95 Å². The third-order valence-electron chi connectivity index (χ3n) is 5.22. The third kappa shape index (κ3) is 2.85. The highest BCUT2D eigenvalue weighted by Crippen LogP contribution is 2.35. The molecule has 0 amide bonds. The number of nitrogens with zero attached hydrogens (tertiary/aromatic N) is 6. The molecule has 0 saturated carbocycles. The molecule has 1 aliphatic heterocycles. The lowest BCUT2D eigenvalue weighted by molar-refractivity contribution is 0.415. The molecular formula is C21H20N6O. The Morgan fingerprint density at radius 3 is 2.79 bits per heavy atom. The Labute approximate surface area is 162 Å². The zero-order valence-corrected chi connectivity index (χ0v) is 15.6. The van der Waals surface area contributed by atoms with Crippen LogP contribution in [-0.4, -0.2) is 38.4 Å². The molecule has 0 spiro atoms. The van der Waals surface area contributed by atoms with E-state index in [4.69, 9.17) is 4.74 Å². The summed E-state index contributed by atoms with van der Waals surface area (Å²) in [6.07, 6.45) is 7.68. The molecular weight excluding hydrogens is 352 g/mol. The molecule has 1 atom stereocenters. The second-order valence-corrected chi connectivity index (χ2v) is 6.85. The van der Waals surface area contributed by atoms with E-state index in [9.17, 15) is 0 Å². The Morgan fingerprint density at radius 1 is 1.04 bits per heavy atom. The molecule has 3 aromatic heterocycles. The van der Waals surface area contributed by atoms with Crippen LogP contribution in [0.25, 0.3) is 16.6 Å². The minimum Gasteiger partial charge on any atom is -0.497 e. The van der Waals surface area contributed by atoms with Crippen LogP contribution in [0.15, 0.2) is 61.1 Å². The number of ether oxygens (including phenoxy) is 1. The van der Waals surface area contributed by atoms with Gasteiger partial charge in [0.15, 0.2) is 0 Å². The summed E-state index contributed by atoms with van der Waals surface area (Å²) in [6, 6.07) is 14.2. The molecule has 1 fully saturated rings. The summed E-state index contributed by atoms with van der Waals surface area (Å²) >= 11 is 0. The number of anilines is 1. The molecule has 5 rings (SSSR count). The van der Waals surface area contributed by atoms with Crippen molar-refractivity contribution in [1.82, 2.24) is 24.8 Å². The van der Waals surface area contributed by atoms with Crippen LogP contribution in [0.5, 0.6) is 5.75 Å². The van der Waals surface area contributed by atoms with Crippen LogP contribution in [0.1, 0.15) is 24.6 Å². The van der Waals surface area contributed by atoms with Crippen molar-refractivity contribution in [2.75, 3.05) is 18.6 Å². The van der Waals surface area contributed by atoms with Crippen molar-refractivity contribution in [2.45, 2.75) is 18.9 Å². The van der Waals surface area contributed by atoms with Gasteiger partial charge in [0, 0.05) is 30.7 Å². The van der Waals surface area contributed by atoms with Crippen molar-refractivity contribution in [2.24, 2.45) is 0 Å². The summed E-state index contributed by atoms with van der Waals surface area (Å²) in [7, 11) is 1.68. The average Bonchev–Trinajstić information content (AvgIpc) is 3.40. The molecule has 0 N–H and O–H groups in total. The summed E-state index contributed by atoms with van der Waals surface area (Å²) in [6.45, 7) is 0.926. The second-order valence-electron chi connectivity index (χ2n) is 6.85. The lowest BCUT2D eigenvalue weighted by atomic mass is 10.1. The van der Waals surface area contributed by atoms with E-state index < -0.39 is 0 Å². The van der Waals surface area contributed by atoms with E-state index in [-0.39, 0.29) is 6.04 Å². The number of rotatable bonds is 4. The van der Waals surface area contributed by atoms with Crippen molar-refractivity contribution in [3.8, 4) is 16.9 Å². The Bertz CT molecular complexity index is 1110. The van der Waals surface area contributed by atoms with Crippen LogP contribution in [0.4, 0.5) is 5.95 Å². The Hall–Kier alpha value is -3.48. The van der Waals surface area contributed by atoms with Crippen molar-refractivity contribution in [1.29, 1.82) is 0 Å². The number of methoxy groups -OCH3 is 1. The van der Waals surface area contributed by atoms with Crippen LogP contribution in [0.3, 0.4) is 0 Å². The lowest BCUT2D eigenvalue weighted by Crippen LogP contribution is -2.24. The Kier molecular flexibility index (Phi) is 4.12. The highest BCUT2D eigenvalue weighted by Gasteiger charge is 2.31. The molecule has 7 heteroatoms. The first-order chi connectivity index (χ1) is 13.8. The summed E-state index contributed by atoms with van der Waals surface area (Å²) in [5.74, 6) is 1.58. The normalized spacial score (nSPS) is 16.6. The van der Waals surface area contributed by atoms with Gasteiger partial charge in [-0.15, -0.1) is 5.10 Å². The van der Waals surface area contributed by atoms with E-state index in [1.54, 1.807) is 19.5 Å². The van der Waals surface area contributed by atoms with Crippen molar-refractivity contribution >= 4 is 11.5 Å². The van der Waals surface area contributed by atoms with Crippen LogP contribution < -0.4 is 9.64 Å². The van der Waals surface area contributed by atoms with Gasteiger partial charge in [0.05, 0.1) is 18.7 Å². The van der Waals surface area contributed by atoms with Gasteiger partial charge in [-0.25, -0.2) is 14.5 Å². The summed E-state index contributed by atoms with van der Waals surface area (Å²) in [5, 5.41) is 8.90. The van der Waals surface area contributed by atoms with E-state index in [0.29, 0.717) is 0 Å². The van der Waals surface area contributed by atoms with Gasteiger partial charge >= 0.3 is 0 Å². The van der Waals surface area contributed by atoms with Crippen LogP contribution in [0.2, 0.25) is 0 Å². The molecule has 0 unspecified atom stereocenters. The predicted molar refractivity (Wildman–Crippen MR) is 106 cm³/mol. The summed E-state index contributed by atoms with van der Waals surface area (Å²) in [5.41, 5.74) is 4.14. The van der Waals surface area contributed by atoms with Crippen LogP contribution in [0, 0.1) is 0 Å². The largest absolute Gasteiger partial charge is 0.497 e. The third-order valence-corrected chi connectivity index (χ3v) is 5.22. The number of fused-ring (bicyclic) bond motifs is 1. The van der Waals surface area contributed by atoms with Gasteiger partial charge < -0.3 is 9.64 Å². The number of pyridine rings is 1. The molecule has 7 nitrogen and oxygen atoms in total. The van der Waals surface area contributed by atoms with Crippen LogP contribution >= 0.6 is 0 Å². The SMILES string of the molecule is COc1cccc(-c2ccc3c([C@H]4CCCN4c4ncccn4)nnn3c2)c1. The predicted octanol–water partition coefficient (Wildman–Crippen LogP) is 3.54. The van der Waals surface area contributed by atoms with E-state index in [1.807, 2.05) is 35.0 Å². The van der Waals surface area contributed by atoms with Crippen molar-refractivity contribution < 1.29 is 4.74 Å². The first-order valence-corrected chi connectivity index (χ1v) is 9.36. The van der Waals surface area contributed by atoms with Gasteiger partial charge in [-0.2, -0.15) is 0 Å². The topological polar surface area (TPSA) is 68.4 Å². The molecule has 0 radical (unpaired) electrons. The molecule has 140 valence electrons. The van der Waals surface area contributed by atoms with E-state index in [1.165, 1.54) is 0 Å². The van der Waals surface area contributed by atoms with E-state index in [0.717, 1.165) is 53.4 Å². The maximum atomic E-state index is 5.34. The van der Waals surface area contributed by atoms with Gasteiger partial charge in [-0.1, -0.05) is 23.4 Å². The van der Waals surface area contributed by atoms with Crippen molar-refractivity contribution in [3.05, 3.63) is 66.7 Å². The molecule has 28 heavy (non-hydrogen) atoms. The first kappa shape index (κ1) is 16.7. The van der Waals surface area contributed by atoms with Gasteiger partial charge in [0.1, 0.15) is 11.4 Å². The molecule has 4 aromatic rings. The first-order valence-electron chi connectivity index (χ1n) is 9.36. The number of hydrogen-bond donors (Lipinski definition) is 0. The molecule has 1 aromatic carbocycles. The highest BCUT2D eigenvalue weighted by molar-refractivity contribution is 5.68.